The molecular weight excluding hydrogens is 330 g/mol. The summed E-state index contributed by atoms with van der Waals surface area (Å²) in [6.45, 7) is 4.27. The highest BCUT2D eigenvalue weighted by Gasteiger charge is 2.28. The molecule has 0 saturated heterocycles. The van der Waals surface area contributed by atoms with Crippen molar-refractivity contribution in [2.45, 2.75) is 65.2 Å². The maximum Gasteiger partial charge on any atom is 0.200 e. The van der Waals surface area contributed by atoms with Gasteiger partial charge in [-0.2, -0.15) is 4.39 Å². The van der Waals surface area contributed by atoms with Gasteiger partial charge in [-0.3, -0.25) is 0 Å². The Morgan fingerprint density at radius 2 is 1.73 bits per heavy atom. The first-order valence-electron chi connectivity index (χ1n) is 10.3. The normalized spacial score (nSPS) is 28.9. The van der Waals surface area contributed by atoms with Crippen LogP contribution in [0.1, 0.15) is 63.9 Å². The molecule has 1 saturated carbocycles. The van der Waals surface area contributed by atoms with Gasteiger partial charge in [-0.25, -0.2) is 4.39 Å². The van der Waals surface area contributed by atoms with Crippen LogP contribution < -0.4 is 4.74 Å². The van der Waals surface area contributed by atoms with Crippen LogP contribution in [-0.2, 0) is 0 Å². The number of allylic oxidation sites excluding steroid dienone is 1. The van der Waals surface area contributed by atoms with Crippen molar-refractivity contribution in [3.63, 3.8) is 0 Å². The highest BCUT2D eigenvalue weighted by molar-refractivity contribution is 5.30. The number of rotatable bonds is 6. The zero-order chi connectivity index (χ0) is 18.5. The lowest BCUT2D eigenvalue weighted by Gasteiger charge is -2.35. The van der Waals surface area contributed by atoms with Gasteiger partial charge < -0.3 is 4.74 Å². The second-order valence-corrected chi connectivity index (χ2v) is 8.28. The van der Waals surface area contributed by atoms with E-state index in [-0.39, 0.29) is 5.75 Å². The first-order chi connectivity index (χ1) is 12.6. The standard InChI is InChI=1S/C23H32F2O/c1-3-4-17-6-10-19(11-7-17)20-12-8-18(9-13-20)15-26-21-14-5-16(2)22(24)23(21)25/h5,8,12,14,17-20H,3-4,6-7,9-11,13,15H2,1-2H3. The first-order valence-corrected chi connectivity index (χ1v) is 10.3. The van der Waals surface area contributed by atoms with Crippen LogP contribution >= 0.6 is 0 Å². The van der Waals surface area contributed by atoms with Crippen LogP contribution in [0.3, 0.4) is 0 Å². The minimum Gasteiger partial charge on any atom is -0.490 e. The predicted molar refractivity (Wildman–Crippen MR) is 102 cm³/mol. The Morgan fingerprint density at radius 1 is 0.962 bits per heavy atom. The van der Waals surface area contributed by atoms with Crippen LogP contribution in [0.25, 0.3) is 0 Å². The molecule has 2 aliphatic carbocycles. The Labute approximate surface area is 156 Å². The second-order valence-electron chi connectivity index (χ2n) is 8.28. The van der Waals surface area contributed by atoms with Gasteiger partial charge in [0.25, 0.3) is 0 Å². The molecule has 0 aromatic heterocycles. The summed E-state index contributed by atoms with van der Waals surface area (Å²) in [5, 5.41) is 0. The van der Waals surface area contributed by atoms with E-state index in [1.54, 1.807) is 13.0 Å². The average molecular weight is 363 g/mol. The van der Waals surface area contributed by atoms with E-state index in [1.165, 1.54) is 51.0 Å². The Hall–Kier alpha value is -1.38. The van der Waals surface area contributed by atoms with Crippen molar-refractivity contribution in [3.05, 3.63) is 41.5 Å². The molecule has 0 aliphatic heterocycles. The molecule has 1 fully saturated rings. The smallest absolute Gasteiger partial charge is 0.200 e. The molecule has 144 valence electrons. The molecule has 26 heavy (non-hydrogen) atoms. The van der Waals surface area contributed by atoms with Crippen molar-refractivity contribution in [3.8, 4) is 5.75 Å². The maximum absolute atomic E-state index is 13.9. The van der Waals surface area contributed by atoms with E-state index in [9.17, 15) is 8.78 Å². The number of benzene rings is 1. The van der Waals surface area contributed by atoms with Crippen molar-refractivity contribution in [1.82, 2.24) is 0 Å². The predicted octanol–water partition coefficient (Wildman–Crippen LogP) is 6.84. The van der Waals surface area contributed by atoms with Gasteiger partial charge in [0.1, 0.15) is 0 Å². The van der Waals surface area contributed by atoms with Crippen LogP contribution in [0.2, 0.25) is 0 Å². The lowest BCUT2D eigenvalue weighted by Crippen LogP contribution is -2.24. The van der Waals surface area contributed by atoms with Gasteiger partial charge in [0.15, 0.2) is 11.6 Å². The molecule has 0 N–H and O–H groups in total. The summed E-state index contributed by atoms with van der Waals surface area (Å²) in [5.74, 6) is 1.14. The monoisotopic (exact) mass is 362 g/mol. The summed E-state index contributed by atoms with van der Waals surface area (Å²) in [6, 6.07) is 3.09. The summed E-state index contributed by atoms with van der Waals surface area (Å²) in [4.78, 5) is 0. The quantitative estimate of drug-likeness (QED) is 0.503. The molecule has 2 unspecified atom stereocenters. The molecule has 1 nitrogen and oxygen atoms in total. The third-order valence-corrected chi connectivity index (χ3v) is 6.39. The molecular formula is C23H32F2O. The van der Waals surface area contributed by atoms with Crippen molar-refractivity contribution in [2.24, 2.45) is 23.7 Å². The second kappa shape index (κ2) is 9.01. The molecule has 1 aromatic rings. The van der Waals surface area contributed by atoms with Crippen LogP contribution in [0, 0.1) is 42.2 Å². The third-order valence-electron chi connectivity index (χ3n) is 6.39. The van der Waals surface area contributed by atoms with E-state index in [1.807, 2.05) is 0 Å². The fourth-order valence-electron chi connectivity index (χ4n) is 4.68. The third kappa shape index (κ3) is 4.66. The number of hydrogen-bond acceptors (Lipinski definition) is 1. The summed E-state index contributed by atoms with van der Waals surface area (Å²) >= 11 is 0. The molecule has 1 aromatic carbocycles. The number of hydrogen-bond donors (Lipinski definition) is 0. The highest BCUT2D eigenvalue weighted by atomic mass is 19.2. The molecule has 3 rings (SSSR count). The van der Waals surface area contributed by atoms with Gasteiger partial charge >= 0.3 is 0 Å². The van der Waals surface area contributed by atoms with Gasteiger partial charge in [-0.15, -0.1) is 0 Å². The zero-order valence-electron chi connectivity index (χ0n) is 16.1. The lowest BCUT2D eigenvalue weighted by atomic mass is 9.71. The fraction of sp³-hybridized carbons (Fsp3) is 0.652. The number of halogens is 2. The van der Waals surface area contributed by atoms with Gasteiger partial charge in [-0.05, 0) is 62.0 Å². The molecule has 0 heterocycles. The van der Waals surface area contributed by atoms with Crippen molar-refractivity contribution < 1.29 is 13.5 Å². The molecule has 0 radical (unpaired) electrons. The summed E-state index contributed by atoms with van der Waals surface area (Å²) in [7, 11) is 0. The molecule has 2 atom stereocenters. The van der Waals surface area contributed by atoms with E-state index >= 15 is 0 Å². The number of aryl methyl sites for hydroxylation is 1. The van der Waals surface area contributed by atoms with E-state index in [2.05, 4.69) is 19.1 Å². The largest absolute Gasteiger partial charge is 0.490 e. The summed E-state index contributed by atoms with van der Waals surface area (Å²) in [5.41, 5.74) is 0.309. The van der Waals surface area contributed by atoms with E-state index in [4.69, 9.17) is 4.74 Å². The van der Waals surface area contributed by atoms with Gasteiger partial charge in [0.2, 0.25) is 5.82 Å². The minimum absolute atomic E-state index is 0.0258. The van der Waals surface area contributed by atoms with E-state index in [0.29, 0.717) is 24.0 Å². The Balaban J connectivity index is 1.47. The van der Waals surface area contributed by atoms with Crippen molar-refractivity contribution in [1.29, 1.82) is 0 Å². The Bertz CT molecular complexity index is 617. The maximum atomic E-state index is 13.9. The van der Waals surface area contributed by atoms with Crippen molar-refractivity contribution in [2.75, 3.05) is 6.61 Å². The lowest BCUT2D eigenvalue weighted by molar-refractivity contribution is 0.191. The molecule has 2 aliphatic rings. The topological polar surface area (TPSA) is 9.23 Å². The zero-order valence-corrected chi connectivity index (χ0v) is 16.1. The van der Waals surface area contributed by atoms with E-state index in [0.717, 1.165) is 18.3 Å². The van der Waals surface area contributed by atoms with Crippen LogP contribution in [0.15, 0.2) is 24.3 Å². The highest BCUT2D eigenvalue weighted by Crippen LogP contribution is 2.39. The SMILES string of the molecule is CCCC1CCC(C2C=CC(COc3ccc(C)c(F)c3F)CC2)CC1. The van der Waals surface area contributed by atoms with Crippen LogP contribution in [-0.4, -0.2) is 6.61 Å². The van der Waals surface area contributed by atoms with Gasteiger partial charge in [0.05, 0.1) is 6.61 Å². The van der Waals surface area contributed by atoms with E-state index < -0.39 is 11.6 Å². The van der Waals surface area contributed by atoms with Crippen molar-refractivity contribution >= 4 is 0 Å². The minimum atomic E-state index is -0.869. The average Bonchev–Trinajstić information content (AvgIpc) is 2.67. The molecule has 0 bridgehead atoms. The molecule has 0 amide bonds. The Morgan fingerprint density at radius 3 is 2.38 bits per heavy atom. The first kappa shape index (κ1) is 19.4. The molecule has 0 spiro atoms. The van der Waals surface area contributed by atoms with Gasteiger partial charge in [0, 0.05) is 5.92 Å². The van der Waals surface area contributed by atoms with Gasteiger partial charge in [-0.1, -0.05) is 50.8 Å². The summed E-state index contributed by atoms with van der Waals surface area (Å²) < 4.78 is 33.1. The Kier molecular flexibility index (Phi) is 6.72. The molecule has 3 heteroatoms. The van der Waals surface area contributed by atoms with Crippen LogP contribution in [0.5, 0.6) is 5.75 Å². The fourth-order valence-corrected chi connectivity index (χ4v) is 4.68. The number of ether oxygens (including phenoxy) is 1. The van der Waals surface area contributed by atoms with Crippen LogP contribution in [0.4, 0.5) is 8.78 Å². The summed E-state index contributed by atoms with van der Waals surface area (Å²) in [6.07, 6.45) is 15.1.